The number of imidazole rings is 1. The van der Waals surface area contributed by atoms with Crippen molar-refractivity contribution in [2.75, 3.05) is 37.8 Å². The number of nitrogens with one attached hydrogen (secondary N) is 2. The van der Waals surface area contributed by atoms with Crippen molar-refractivity contribution in [2.45, 2.75) is 109 Å². The Labute approximate surface area is 356 Å². The van der Waals surface area contributed by atoms with Gasteiger partial charge in [-0.05, 0) is 12.8 Å². The number of allylic oxidation sites excluding steroid dienone is 2. The van der Waals surface area contributed by atoms with E-state index in [1.165, 1.54) is 46.0 Å². The average molecular weight is 948 g/mol. The number of aliphatic hydroxyl groups excluding tert-OH is 2. The van der Waals surface area contributed by atoms with Gasteiger partial charge in [-0.1, -0.05) is 76.8 Å². The molecule has 0 radical (unpaired) electrons. The van der Waals surface area contributed by atoms with Crippen molar-refractivity contribution in [2.24, 2.45) is 5.41 Å². The molecule has 2 aromatic rings. The fourth-order valence-electron chi connectivity index (χ4n) is 5.69. The quantitative estimate of drug-likeness (QED) is 0.0336. The largest absolute Gasteiger partial charge is 0.481 e. The molecular formula is C33H56N7O17P3S. The fraction of sp³-hybridized carbons (Fsp3) is 0.697. The lowest BCUT2D eigenvalue weighted by molar-refractivity contribution is -0.137. The highest BCUT2D eigenvalue weighted by Gasteiger charge is 2.50. The number of ether oxygens (including phenoxy) is 1. The van der Waals surface area contributed by atoms with Gasteiger partial charge in [-0.25, -0.2) is 28.6 Å². The van der Waals surface area contributed by atoms with Crippen LogP contribution >= 0.6 is 35.2 Å². The summed E-state index contributed by atoms with van der Waals surface area (Å²) in [5.41, 5.74) is 4.27. The minimum Gasteiger partial charge on any atom is -0.386 e. The van der Waals surface area contributed by atoms with Crippen LogP contribution in [0.5, 0.6) is 0 Å². The number of thioether (sulfide) groups is 1. The predicted octanol–water partition coefficient (Wildman–Crippen LogP) is 2.36. The summed E-state index contributed by atoms with van der Waals surface area (Å²) in [5, 5.41) is 26.5. The summed E-state index contributed by atoms with van der Waals surface area (Å²) in [6.07, 6.45) is 5.42. The lowest BCUT2D eigenvalue weighted by Crippen LogP contribution is -2.46. The molecule has 1 aliphatic rings. The van der Waals surface area contributed by atoms with Gasteiger partial charge in [0, 0.05) is 37.1 Å². The monoisotopic (exact) mass is 947 g/mol. The summed E-state index contributed by atoms with van der Waals surface area (Å²) in [6.45, 7) is 2.70. The molecule has 28 heteroatoms. The van der Waals surface area contributed by atoms with Gasteiger partial charge >= 0.3 is 23.5 Å². The Balaban J connectivity index is 1.40. The molecule has 1 aliphatic heterocycles. The van der Waals surface area contributed by atoms with E-state index in [-0.39, 0.29) is 41.6 Å². The first-order valence-electron chi connectivity index (χ1n) is 19.3. The maximum Gasteiger partial charge on any atom is 0.481 e. The first-order chi connectivity index (χ1) is 28.6. The molecule has 0 spiro atoms. The third kappa shape index (κ3) is 18.1. The number of amides is 2. The second-order valence-corrected chi connectivity index (χ2v) is 19.9. The van der Waals surface area contributed by atoms with Gasteiger partial charge in [0.15, 0.2) is 22.8 Å². The van der Waals surface area contributed by atoms with Gasteiger partial charge < -0.3 is 50.9 Å². The SMILES string of the molecule is CCCCCCCC/C=C\CC(=O)SCCNC(=O)CCNC(=O)[C@H](O)C(C)(C)COP(=O)(O)OP(=O)(O)OC[C@H]1O[C@@H](n2cnc3c(N)ncnc32)C(O)[C@H]1OP(=O)(O)O. The van der Waals surface area contributed by atoms with Gasteiger partial charge in [-0.15, -0.1) is 0 Å². The summed E-state index contributed by atoms with van der Waals surface area (Å²) in [4.78, 5) is 87.9. The number of carbonyl (C=O) groups excluding carboxylic acids is 3. The smallest absolute Gasteiger partial charge is 0.386 e. The maximum absolute atomic E-state index is 12.7. The molecule has 7 atom stereocenters. The topological polar surface area (TPSA) is 364 Å². The van der Waals surface area contributed by atoms with E-state index in [9.17, 15) is 57.9 Å². The molecule has 346 valence electrons. The van der Waals surface area contributed by atoms with Crippen LogP contribution in [0.15, 0.2) is 24.8 Å². The molecule has 3 rings (SSSR count). The number of phosphoric ester groups is 3. The standard InChI is InChI=1S/C33H56N7O17P3S/c1-4-5-6-7-8-9-10-11-12-13-24(42)61-17-16-35-23(41)14-15-36-31(45)28(44)33(2,3)19-54-60(51,52)57-59(49,50)53-18-22-27(56-58(46,47)48)26(43)32(55-22)40-21-39-25-29(34)37-20-38-30(25)40/h11-12,20-22,26-28,32,43-44H,4-10,13-19H2,1-3H3,(H,35,41)(H,36,45)(H,49,50)(H,51,52)(H2,34,37,38)(H2,46,47,48)/b12-11-/t22-,26?,27+,28+,32-/m1/s1. The molecule has 1 fully saturated rings. The van der Waals surface area contributed by atoms with Crippen LogP contribution in [0.25, 0.3) is 11.2 Å². The highest BCUT2D eigenvalue weighted by molar-refractivity contribution is 8.13. The van der Waals surface area contributed by atoms with Gasteiger partial charge in [-0.2, -0.15) is 4.31 Å². The molecule has 0 saturated carbocycles. The van der Waals surface area contributed by atoms with Crippen LogP contribution in [0.4, 0.5) is 5.82 Å². The molecule has 0 aliphatic carbocycles. The first-order valence-corrected chi connectivity index (χ1v) is 24.8. The number of aliphatic hydroxyl groups is 2. The molecule has 24 nitrogen and oxygen atoms in total. The summed E-state index contributed by atoms with van der Waals surface area (Å²) < 4.78 is 62.3. The fourth-order valence-corrected chi connectivity index (χ4v) is 9.17. The van der Waals surface area contributed by atoms with E-state index in [1.807, 2.05) is 12.2 Å². The van der Waals surface area contributed by atoms with Crippen molar-refractivity contribution < 1.29 is 80.5 Å². The molecule has 3 heterocycles. The Morgan fingerprint density at radius 1 is 1.00 bits per heavy atom. The number of nitrogens with zero attached hydrogens (tertiary/aromatic N) is 4. The number of nitrogens with two attached hydrogens (primary N) is 1. The number of rotatable bonds is 28. The third-order valence-electron chi connectivity index (χ3n) is 8.94. The number of fused-ring (bicyclic) bond motifs is 1. The van der Waals surface area contributed by atoms with Gasteiger partial charge in [0.2, 0.25) is 11.8 Å². The lowest BCUT2D eigenvalue weighted by Gasteiger charge is -2.30. The van der Waals surface area contributed by atoms with Crippen molar-refractivity contribution in [1.29, 1.82) is 0 Å². The highest BCUT2D eigenvalue weighted by Crippen LogP contribution is 2.61. The molecule has 0 bridgehead atoms. The average Bonchev–Trinajstić information content (AvgIpc) is 3.73. The Hall–Kier alpha value is -2.70. The van der Waals surface area contributed by atoms with Crippen LogP contribution in [0.1, 0.15) is 84.8 Å². The van der Waals surface area contributed by atoms with Gasteiger partial charge in [0.25, 0.3) is 0 Å². The normalized spacial score (nSPS) is 21.0. The first kappa shape index (κ1) is 52.6. The number of hydrogen-bond acceptors (Lipinski definition) is 18. The summed E-state index contributed by atoms with van der Waals surface area (Å²) in [5.74, 6) is -1.08. The molecule has 61 heavy (non-hydrogen) atoms. The van der Waals surface area contributed by atoms with E-state index in [4.69, 9.17) is 19.5 Å². The van der Waals surface area contributed by atoms with E-state index in [1.54, 1.807) is 0 Å². The van der Waals surface area contributed by atoms with Crippen LogP contribution in [0.2, 0.25) is 0 Å². The third-order valence-corrected chi connectivity index (χ3v) is 12.9. The number of carbonyl (C=O) groups is 3. The number of hydrogen-bond donors (Lipinski definition) is 9. The number of unbranched alkanes of at least 4 members (excludes halogenated alkanes) is 6. The Bertz CT molecular complexity index is 1940. The van der Waals surface area contributed by atoms with E-state index in [0.29, 0.717) is 12.2 Å². The van der Waals surface area contributed by atoms with E-state index in [0.717, 1.165) is 41.8 Å². The van der Waals surface area contributed by atoms with E-state index in [2.05, 4.69) is 41.3 Å². The Morgan fingerprint density at radius 2 is 1.69 bits per heavy atom. The summed E-state index contributed by atoms with van der Waals surface area (Å²) in [6, 6.07) is 0. The molecule has 3 unspecified atom stereocenters. The molecular weight excluding hydrogens is 891 g/mol. The van der Waals surface area contributed by atoms with Gasteiger partial charge in [-0.3, -0.25) is 32.5 Å². The summed E-state index contributed by atoms with van der Waals surface area (Å²) in [7, 11) is -16.4. The van der Waals surface area contributed by atoms with Crippen LogP contribution in [0, 0.1) is 5.41 Å². The highest BCUT2D eigenvalue weighted by atomic mass is 32.2. The summed E-state index contributed by atoms with van der Waals surface area (Å²) >= 11 is 1.10. The molecule has 2 amide bonds. The van der Waals surface area contributed by atoms with E-state index >= 15 is 0 Å². The van der Waals surface area contributed by atoms with Crippen LogP contribution in [0.3, 0.4) is 0 Å². The molecule has 10 N–H and O–H groups in total. The molecule has 2 aromatic heterocycles. The number of anilines is 1. The Kier molecular flexibility index (Phi) is 21.0. The van der Waals surface area contributed by atoms with Crippen LogP contribution in [-0.4, -0.2) is 123 Å². The minimum absolute atomic E-state index is 0.0228. The molecule has 0 aromatic carbocycles. The van der Waals surface area contributed by atoms with Crippen LogP contribution < -0.4 is 16.4 Å². The molecule has 1 saturated heterocycles. The van der Waals surface area contributed by atoms with Gasteiger partial charge in [0.1, 0.15) is 36.3 Å². The van der Waals surface area contributed by atoms with Crippen molar-refractivity contribution in [3.8, 4) is 0 Å². The maximum atomic E-state index is 12.7. The van der Waals surface area contributed by atoms with E-state index < -0.39 is 84.6 Å². The van der Waals surface area contributed by atoms with Crippen molar-refractivity contribution >= 4 is 69.1 Å². The number of aromatic nitrogens is 4. The van der Waals surface area contributed by atoms with Gasteiger partial charge in [0.05, 0.1) is 19.5 Å². The zero-order chi connectivity index (χ0) is 45.4. The number of phosphoric acid groups is 3. The van der Waals surface area contributed by atoms with Crippen molar-refractivity contribution in [3.05, 3.63) is 24.8 Å². The zero-order valence-corrected chi connectivity index (χ0v) is 37.4. The lowest BCUT2D eigenvalue weighted by atomic mass is 9.87. The Morgan fingerprint density at radius 3 is 2.39 bits per heavy atom. The second-order valence-electron chi connectivity index (χ2n) is 14.5. The second kappa shape index (κ2) is 24.4. The number of nitrogen functional groups attached to an aromatic ring is 1. The minimum atomic E-state index is -5.57. The van der Waals surface area contributed by atoms with Crippen molar-refractivity contribution in [3.63, 3.8) is 0 Å². The predicted molar refractivity (Wildman–Crippen MR) is 219 cm³/mol. The van der Waals surface area contributed by atoms with Crippen molar-refractivity contribution in [1.82, 2.24) is 30.2 Å². The van der Waals surface area contributed by atoms with Crippen LogP contribution in [-0.2, 0) is 50.7 Å². The zero-order valence-electron chi connectivity index (χ0n) is 33.9.